The van der Waals surface area contributed by atoms with Gasteiger partial charge in [0.05, 0.1) is 0 Å². The van der Waals surface area contributed by atoms with Gasteiger partial charge >= 0.3 is 0 Å². The van der Waals surface area contributed by atoms with E-state index in [2.05, 4.69) is 22.8 Å². The highest BCUT2D eigenvalue weighted by Crippen LogP contribution is 2.19. The highest BCUT2D eigenvalue weighted by molar-refractivity contribution is 7.80. The SMILES string of the molecule is S=C(NCCC1=CCCCC1)NCCc1cccc(Cl)c1. The van der Waals surface area contributed by atoms with Gasteiger partial charge in [0, 0.05) is 18.1 Å². The Morgan fingerprint density at radius 3 is 2.67 bits per heavy atom. The van der Waals surface area contributed by atoms with Crippen LogP contribution in [0.2, 0.25) is 5.02 Å². The first-order valence-corrected chi connectivity index (χ1v) is 8.47. The van der Waals surface area contributed by atoms with Crippen molar-refractivity contribution in [1.29, 1.82) is 0 Å². The first-order chi connectivity index (χ1) is 10.2. The molecule has 0 saturated carbocycles. The summed E-state index contributed by atoms with van der Waals surface area (Å²) in [6, 6.07) is 7.95. The van der Waals surface area contributed by atoms with Crippen LogP contribution >= 0.6 is 23.8 Å². The predicted octanol–water partition coefficient (Wildman–Crippen LogP) is 4.24. The average molecular weight is 323 g/mol. The molecular weight excluding hydrogens is 300 g/mol. The van der Waals surface area contributed by atoms with Gasteiger partial charge in [0.25, 0.3) is 0 Å². The van der Waals surface area contributed by atoms with Crippen molar-refractivity contribution >= 4 is 28.9 Å². The second-order valence-electron chi connectivity index (χ2n) is 5.42. The number of allylic oxidation sites excluding steroid dienone is 1. The molecule has 0 aromatic heterocycles. The fourth-order valence-electron chi connectivity index (χ4n) is 2.54. The molecule has 0 amide bonds. The van der Waals surface area contributed by atoms with Crippen LogP contribution in [0.1, 0.15) is 37.7 Å². The van der Waals surface area contributed by atoms with Crippen LogP contribution in [0.4, 0.5) is 0 Å². The van der Waals surface area contributed by atoms with Gasteiger partial charge in [-0.1, -0.05) is 35.4 Å². The minimum absolute atomic E-state index is 0.744. The molecule has 1 aliphatic rings. The summed E-state index contributed by atoms with van der Waals surface area (Å²) in [5.41, 5.74) is 2.81. The van der Waals surface area contributed by atoms with Gasteiger partial charge in [-0.15, -0.1) is 0 Å². The molecule has 2 nitrogen and oxygen atoms in total. The fraction of sp³-hybridized carbons (Fsp3) is 0.471. The maximum Gasteiger partial charge on any atom is 0.166 e. The van der Waals surface area contributed by atoms with Crippen molar-refractivity contribution in [2.24, 2.45) is 0 Å². The normalized spacial score (nSPS) is 14.4. The van der Waals surface area contributed by atoms with Crippen molar-refractivity contribution in [1.82, 2.24) is 10.6 Å². The number of rotatable bonds is 6. The molecule has 0 fully saturated rings. The van der Waals surface area contributed by atoms with Crippen molar-refractivity contribution < 1.29 is 0 Å². The average Bonchev–Trinajstić information content (AvgIpc) is 2.48. The summed E-state index contributed by atoms with van der Waals surface area (Å²) in [5, 5.41) is 8.06. The first-order valence-electron chi connectivity index (χ1n) is 7.68. The van der Waals surface area contributed by atoms with E-state index < -0.39 is 0 Å². The van der Waals surface area contributed by atoms with E-state index in [0.717, 1.165) is 36.1 Å². The van der Waals surface area contributed by atoms with Crippen LogP contribution in [0.5, 0.6) is 0 Å². The molecule has 0 saturated heterocycles. The van der Waals surface area contributed by atoms with Crippen molar-refractivity contribution in [2.45, 2.75) is 38.5 Å². The molecule has 1 aromatic rings. The lowest BCUT2D eigenvalue weighted by Gasteiger charge is -2.14. The van der Waals surface area contributed by atoms with E-state index in [0.29, 0.717) is 0 Å². The number of thiocarbonyl (C=S) groups is 1. The topological polar surface area (TPSA) is 24.1 Å². The molecule has 1 aliphatic carbocycles. The molecule has 2 N–H and O–H groups in total. The van der Waals surface area contributed by atoms with Crippen LogP contribution in [0.3, 0.4) is 0 Å². The van der Waals surface area contributed by atoms with Gasteiger partial charge in [-0.2, -0.15) is 0 Å². The standard InChI is InChI=1S/C17H23ClN2S/c18-16-8-4-7-15(13-16)10-12-20-17(21)19-11-9-14-5-2-1-3-6-14/h4-5,7-8,13H,1-3,6,9-12H2,(H2,19,20,21). The zero-order valence-corrected chi connectivity index (χ0v) is 13.9. The third-order valence-electron chi connectivity index (χ3n) is 3.70. The van der Waals surface area contributed by atoms with Crippen LogP contribution in [0, 0.1) is 0 Å². The molecule has 0 atom stereocenters. The Labute approximate surface area is 138 Å². The Morgan fingerprint density at radius 1 is 1.14 bits per heavy atom. The van der Waals surface area contributed by atoms with E-state index in [-0.39, 0.29) is 0 Å². The molecule has 0 bridgehead atoms. The zero-order chi connectivity index (χ0) is 14.9. The number of benzene rings is 1. The van der Waals surface area contributed by atoms with Gasteiger partial charge in [0.2, 0.25) is 0 Å². The molecule has 0 radical (unpaired) electrons. The molecular formula is C17H23ClN2S. The van der Waals surface area contributed by atoms with Crippen molar-refractivity contribution in [3.05, 3.63) is 46.5 Å². The van der Waals surface area contributed by atoms with Crippen LogP contribution in [-0.2, 0) is 6.42 Å². The lowest BCUT2D eigenvalue weighted by Crippen LogP contribution is -2.37. The molecule has 0 aliphatic heterocycles. The molecule has 21 heavy (non-hydrogen) atoms. The number of hydrogen-bond donors (Lipinski definition) is 2. The van der Waals surface area contributed by atoms with Crippen LogP contribution in [0.25, 0.3) is 0 Å². The molecule has 0 heterocycles. The Morgan fingerprint density at radius 2 is 1.95 bits per heavy atom. The minimum Gasteiger partial charge on any atom is -0.362 e. The first kappa shape index (κ1) is 16.3. The monoisotopic (exact) mass is 322 g/mol. The van der Waals surface area contributed by atoms with Gasteiger partial charge in [0.1, 0.15) is 0 Å². The van der Waals surface area contributed by atoms with E-state index in [1.54, 1.807) is 5.57 Å². The van der Waals surface area contributed by atoms with Crippen LogP contribution in [0.15, 0.2) is 35.9 Å². The summed E-state index contributed by atoms with van der Waals surface area (Å²) < 4.78 is 0. The summed E-state index contributed by atoms with van der Waals surface area (Å²) in [7, 11) is 0. The van der Waals surface area contributed by atoms with Crippen LogP contribution < -0.4 is 10.6 Å². The second-order valence-corrected chi connectivity index (χ2v) is 6.27. The summed E-state index contributed by atoms with van der Waals surface area (Å²) in [6.07, 6.45) is 9.62. The molecule has 4 heteroatoms. The van der Waals surface area contributed by atoms with Crippen LogP contribution in [-0.4, -0.2) is 18.2 Å². The smallest absolute Gasteiger partial charge is 0.166 e. The van der Waals surface area contributed by atoms with Gasteiger partial charge < -0.3 is 10.6 Å². The highest BCUT2D eigenvalue weighted by atomic mass is 35.5. The largest absolute Gasteiger partial charge is 0.362 e. The summed E-state index contributed by atoms with van der Waals surface area (Å²) >= 11 is 11.3. The van der Waals surface area contributed by atoms with Crippen molar-refractivity contribution in [3.63, 3.8) is 0 Å². The lowest BCUT2D eigenvalue weighted by atomic mass is 9.97. The summed E-state index contributed by atoms with van der Waals surface area (Å²) in [5.74, 6) is 0. The maximum atomic E-state index is 5.96. The van der Waals surface area contributed by atoms with Gasteiger partial charge in [-0.25, -0.2) is 0 Å². The quantitative estimate of drug-likeness (QED) is 0.605. The van der Waals surface area contributed by atoms with Gasteiger partial charge in [-0.05, 0) is 68.4 Å². The van der Waals surface area contributed by atoms with E-state index in [1.807, 2.05) is 18.2 Å². The predicted molar refractivity (Wildman–Crippen MR) is 94.9 cm³/mol. The van der Waals surface area contributed by atoms with Crippen molar-refractivity contribution in [2.75, 3.05) is 13.1 Å². The molecule has 1 aromatic carbocycles. The molecule has 0 unspecified atom stereocenters. The molecule has 114 valence electrons. The van der Waals surface area contributed by atoms with E-state index in [4.69, 9.17) is 23.8 Å². The third kappa shape index (κ3) is 6.49. The number of hydrogen-bond acceptors (Lipinski definition) is 1. The summed E-state index contributed by atoms with van der Waals surface area (Å²) in [6.45, 7) is 1.75. The highest BCUT2D eigenvalue weighted by Gasteiger charge is 2.03. The maximum absolute atomic E-state index is 5.96. The number of halogens is 1. The fourth-order valence-corrected chi connectivity index (χ4v) is 2.96. The van der Waals surface area contributed by atoms with E-state index in [1.165, 1.54) is 31.2 Å². The van der Waals surface area contributed by atoms with Crippen molar-refractivity contribution in [3.8, 4) is 0 Å². The second kappa shape index (κ2) is 9.06. The Kier molecular flexibility index (Phi) is 7.04. The third-order valence-corrected chi connectivity index (χ3v) is 4.23. The van der Waals surface area contributed by atoms with E-state index >= 15 is 0 Å². The zero-order valence-electron chi connectivity index (χ0n) is 12.3. The van der Waals surface area contributed by atoms with Gasteiger partial charge in [-0.3, -0.25) is 0 Å². The minimum atomic E-state index is 0.744. The Bertz CT molecular complexity index is 499. The Hall–Kier alpha value is -1.06. The number of nitrogens with one attached hydrogen (secondary N) is 2. The summed E-state index contributed by atoms with van der Waals surface area (Å²) in [4.78, 5) is 0. The lowest BCUT2D eigenvalue weighted by molar-refractivity contribution is 0.667. The van der Waals surface area contributed by atoms with Gasteiger partial charge in [0.15, 0.2) is 5.11 Å². The Balaban J connectivity index is 1.58. The van der Waals surface area contributed by atoms with E-state index in [9.17, 15) is 0 Å². The molecule has 2 rings (SSSR count). The molecule has 0 spiro atoms.